The first-order valence-electron chi connectivity index (χ1n) is 7.50. The molecule has 0 spiro atoms. The van der Waals surface area contributed by atoms with Crippen LogP contribution in [0.25, 0.3) is 11.1 Å². The highest BCUT2D eigenvalue weighted by molar-refractivity contribution is 5.82. The van der Waals surface area contributed by atoms with Gasteiger partial charge in [0.2, 0.25) is 0 Å². The van der Waals surface area contributed by atoms with Gasteiger partial charge in [-0.15, -0.1) is 0 Å². The third-order valence-electron chi connectivity index (χ3n) is 4.74. The van der Waals surface area contributed by atoms with Gasteiger partial charge in [-0.2, -0.15) is 0 Å². The SMILES string of the molecule is [CH]1c2ccccc2-c2cccc(C3CCCCC3)c21. The fraction of sp³-hybridized carbons (Fsp3) is 0.316. The Morgan fingerprint density at radius 2 is 1.53 bits per heavy atom. The van der Waals surface area contributed by atoms with Crippen LogP contribution in [-0.4, -0.2) is 0 Å². The predicted molar refractivity (Wildman–Crippen MR) is 80.2 cm³/mol. The van der Waals surface area contributed by atoms with Crippen molar-refractivity contribution < 1.29 is 0 Å². The standard InChI is InChI=1S/C19H19/c1-2-7-14(8-3-1)16-11-6-12-18-17-10-5-4-9-15(17)13-19(16)18/h4-6,9-14H,1-3,7-8H2. The largest absolute Gasteiger partial charge is 0.0619 e. The lowest BCUT2D eigenvalue weighted by Gasteiger charge is -2.24. The van der Waals surface area contributed by atoms with Crippen molar-refractivity contribution in [3.05, 3.63) is 65.6 Å². The number of hydrogen-bond acceptors (Lipinski definition) is 0. The quantitative estimate of drug-likeness (QED) is 0.546. The second kappa shape index (κ2) is 4.52. The predicted octanol–water partition coefficient (Wildman–Crippen LogP) is 5.32. The third-order valence-corrected chi connectivity index (χ3v) is 4.74. The Morgan fingerprint density at radius 1 is 0.737 bits per heavy atom. The van der Waals surface area contributed by atoms with E-state index in [1.807, 2.05) is 0 Å². The lowest BCUT2D eigenvalue weighted by molar-refractivity contribution is 0.443. The van der Waals surface area contributed by atoms with Gasteiger partial charge in [-0.3, -0.25) is 0 Å². The maximum Gasteiger partial charge on any atom is 0.0214 e. The van der Waals surface area contributed by atoms with E-state index in [4.69, 9.17) is 0 Å². The maximum atomic E-state index is 2.40. The molecule has 0 aliphatic heterocycles. The van der Waals surface area contributed by atoms with E-state index in [1.165, 1.54) is 54.4 Å². The highest BCUT2D eigenvalue weighted by Crippen LogP contribution is 2.44. The van der Waals surface area contributed by atoms with Crippen molar-refractivity contribution >= 4 is 0 Å². The summed E-state index contributed by atoms with van der Waals surface area (Å²) in [5.74, 6) is 0.786. The van der Waals surface area contributed by atoms with Gasteiger partial charge in [0.15, 0.2) is 0 Å². The Bertz CT molecular complexity index is 603. The topological polar surface area (TPSA) is 0 Å². The minimum absolute atomic E-state index is 0.786. The highest BCUT2D eigenvalue weighted by Gasteiger charge is 2.25. The summed E-state index contributed by atoms with van der Waals surface area (Å²) in [5.41, 5.74) is 7.33. The summed E-state index contributed by atoms with van der Waals surface area (Å²) in [6.45, 7) is 0. The fourth-order valence-corrected chi connectivity index (χ4v) is 3.77. The summed E-state index contributed by atoms with van der Waals surface area (Å²) in [4.78, 5) is 0. The van der Waals surface area contributed by atoms with Crippen LogP contribution in [0.5, 0.6) is 0 Å². The molecule has 0 unspecified atom stereocenters. The zero-order valence-electron chi connectivity index (χ0n) is 11.2. The molecule has 0 heteroatoms. The molecule has 2 aromatic carbocycles. The molecule has 0 N–H and O–H groups in total. The van der Waals surface area contributed by atoms with E-state index in [9.17, 15) is 0 Å². The van der Waals surface area contributed by atoms with Gasteiger partial charge in [0.25, 0.3) is 0 Å². The summed E-state index contributed by atoms with van der Waals surface area (Å²) < 4.78 is 0. The van der Waals surface area contributed by atoms with Gasteiger partial charge >= 0.3 is 0 Å². The van der Waals surface area contributed by atoms with E-state index < -0.39 is 0 Å². The first-order valence-corrected chi connectivity index (χ1v) is 7.50. The molecular weight excluding hydrogens is 228 g/mol. The highest BCUT2D eigenvalue weighted by atomic mass is 14.3. The van der Waals surface area contributed by atoms with Gasteiger partial charge in [0.05, 0.1) is 0 Å². The van der Waals surface area contributed by atoms with Crippen molar-refractivity contribution in [2.75, 3.05) is 0 Å². The molecule has 19 heavy (non-hydrogen) atoms. The molecule has 2 aliphatic rings. The van der Waals surface area contributed by atoms with Gasteiger partial charge in [0, 0.05) is 6.42 Å². The Balaban J connectivity index is 1.80. The van der Waals surface area contributed by atoms with Crippen LogP contribution in [0.2, 0.25) is 0 Å². The van der Waals surface area contributed by atoms with Gasteiger partial charge in [-0.1, -0.05) is 61.7 Å². The van der Waals surface area contributed by atoms with E-state index in [-0.39, 0.29) is 0 Å². The molecule has 1 saturated carbocycles. The first-order chi connectivity index (χ1) is 9.43. The van der Waals surface area contributed by atoms with Crippen molar-refractivity contribution in [1.82, 2.24) is 0 Å². The number of hydrogen-bond donors (Lipinski definition) is 0. The van der Waals surface area contributed by atoms with Crippen LogP contribution < -0.4 is 0 Å². The molecule has 1 radical (unpaired) electrons. The summed E-state index contributed by atoms with van der Waals surface area (Å²) >= 11 is 0. The molecule has 0 atom stereocenters. The molecule has 2 aliphatic carbocycles. The number of rotatable bonds is 1. The van der Waals surface area contributed by atoms with E-state index >= 15 is 0 Å². The maximum absolute atomic E-state index is 2.40. The smallest absolute Gasteiger partial charge is 0.0214 e. The molecule has 0 aromatic heterocycles. The van der Waals surface area contributed by atoms with Crippen LogP contribution >= 0.6 is 0 Å². The average Bonchev–Trinajstić information content (AvgIpc) is 2.87. The van der Waals surface area contributed by atoms with Crippen LogP contribution in [-0.2, 0) is 0 Å². The Morgan fingerprint density at radius 3 is 2.42 bits per heavy atom. The molecule has 4 rings (SSSR count). The first kappa shape index (κ1) is 11.3. The van der Waals surface area contributed by atoms with E-state index in [0.29, 0.717) is 0 Å². The molecule has 0 bridgehead atoms. The van der Waals surface area contributed by atoms with Gasteiger partial charge in [0.1, 0.15) is 0 Å². The summed E-state index contributed by atoms with van der Waals surface area (Å²) in [6.07, 6.45) is 9.38. The van der Waals surface area contributed by atoms with Crippen molar-refractivity contribution in [1.29, 1.82) is 0 Å². The van der Waals surface area contributed by atoms with Crippen molar-refractivity contribution in [3.63, 3.8) is 0 Å². The molecule has 0 saturated heterocycles. The average molecular weight is 247 g/mol. The second-order valence-corrected chi connectivity index (χ2v) is 5.87. The van der Waals surface area contributed by atoms with Crippen LogP contribution in [0.1, 0.15) is 54.7 Å². The molecular formula is C19H19. The fourth-order valence-electron chi connectivity index (χ4n) is 3.77. The molecule has 1 fully saturated rings. The van der Waals surface area contributed by atoms with Gasteiger partial charge in [-0.25, -0.2) is 0 Å². The Labute approximate surface area is 115 Å². The third kappa shape index (κ3) is 1.82. The molecule has 0 amide bonds. The van der Waals surface area contributed by atoms with Gasteiger partial charge in [-0.05, 0) is 46.6 Å². The molecule has 0 nitrogen and oxygen atoms in total. The zero-order valence-corrected chi connectivity index (χ0v) is 11.2. The summed E-state index contributed by atoms with van der Waals surface area (Å²) in [7, 11) is 0. The normalized spacial score (nSPS) is 18.1. The zero-order chi connectivity index (χ0) is 12.7. The number of fused-ring (bicyclic) bond motifs is 3. The van der Waals surface area contributed by atoms with Gasteiger partial charge < -0.3 is 0 Å². The van der Waals surface area contributed by atoms with Crippen LogP contribution in [0, 0.1) is 6.42 Å². The van der Waals surface area contributed by atoms with Crippen LogP contribution in [0.3, 0.4) is 0 Å². The van der Waals surface area contributed by atoms with Crippen LogP contribution in [0.4, 0.5) is 0 Å². The van der Waals surface area contributed by atoms with Crippen molar-refractivity contribution in [2.24, 2.45) is 0 Å². The minimum atomic E-state index is 0.786. The van der Waals surface area contributed by atoms with Crippen molar-refractivity contribution in [2.45, 2.75) is 38.0 Å². The summed E-state index contributed by atoms with van der Waals surface area (Å²) in [6, 6.07) is 15.7. The number of benzene rings is 2. The summed E-state index contributed by atoms with van der Waals surface area (Å²) in [5, 5.41) is 0. The van der Waals surface area contributed by atoms with E-state index in [2.05, 4.69) is 48.9 Å². The van der Waals surface area contributed by atoms with Crippen LogP contribution in [0.15, 0.2) is 42.5 Å². The molecule has 0 heterocycles. The second-order valence-electron chi connectivity index (χ2n) is 5.87. The lowest BCUT2D eigenvalue weighted by atomic mass is 9.81. The van der Waals surface area contributed by atoms with E-state index in [0.717, 1.165) is 5.92 Å². The Hall–Kier alpha value is -1.56. The molecule has 95 valence electrons. The molecule has 2 aromatic rings. The minimum Gasteiger partial charge on any atom is -0.0619 e. The lowest BCUT2D eigenvalue weighted by Crippen LogP contribution is -2.06. The van der Waals surface area contributed by atoms with E-state index in [1.54, 1.807) is 5.56 Å². The van der Waals surface area contributed by atoms with Crippen molar-refractivity contribution in [3.8, 4) is 11.1 Å². The Kier molecular flexibility index (Phi) is 2.69. The monoisotopic (exact) mass is 247 g/mol.